The molecule has 8 heteroatoms. The molecule has 17 heavy (non-hydrogen) atoms. The maximum atomic E-state index is 11.9. The summed E-state index contributed by atoms with van der Waals surface area (Å²) < 4.78 is 35.6. The van der Waals surface area contributed by atoms with Gasteiger partial charge in [0.1, 0.15) is 18.0 Å². The molecule has 0 radical (unpaired) electrons. The number of hydrogen-bond donors (Lipinski definition) is 2. The van der Waals surface area contributed by atoms with Crippen LogP contribution in [-0.4, -0.2) is 27.8 Å². The van der Waals surface area contributed by atoms with E-state index in [1.54, 1.807) is 0 Å². The Morgan fingerprint density at radius 2 is 2.12 bits per heavy atom. The van der Waals surface area contributed by atoms with Crippen molar-refractivity contribution in [2.75, 3.05) is 23.3 Å². The number of nitrogens with two attached hydrogens (primary N) is 1. The topological polar surface area (TPSA) is 63.8 Å². The Bertz CT molecular complexity index is 370. The summed E-state index contributed by atoms with van der Waals surface area (Å²) in [6.45, 7) is 2.05. The molecule has 3 N–H and O–H groups in total. The van der Waals surface area contributed by atoms with Crippen LogP contribution >= 0.6 is 11.8 Å². The van der Waals surface area contributed by atoms with E-state index < -0.39 is 5.51 Å². The van der Waals surface area contributed by atoms with Crippen molar-refractivity contribution >= 4 is 23.4 Å². The second kappa shape index (κ2) is 5.95. The first-order valence-corrected chi connectivity index (χ1v) is 5.96. The van der Waals surface area contributed by atoms with Crippen LogP contribution in [0.5, 0.6) is 0 Å². The van der Waals surface area contributed by atoms with Crippen molar-refractivity contribution in [3.63, 3.8) is 0 Å². The third-order valence-corrected chi connectivity index (χ3v) is 2.73. The van der Waals surface area contributed by atoms with Crippen LogP contribution in [0.3, 0.4) is 0 Å². The normalized spacial score (nSPS) is 11.5. The van der Waals surface area contributed by atoms with Crippen molar-refractivity contribution < 1.29 is 13.2 Å². The Balaban J connectivity index is 2.49. The lowest BCUT2D eigenvalue weighted by molar-refractivity contribution is -0.0327. The largest absolute Gasteiger partial charge is 0.441 e. The summed E-state index contributed by atoms with van der Waals surface area (Å²) in [4.78, 5) is 7.77. The second-order valence-electron chi connectivity index (χ2n) is 3.16. The molecule has 4 nitrogen and oxygen atoms in total. The number of rotatable bonds is 5. The van der Waals surface area contributed by atoms with E-state index in [2.05, 4.69) is 15.3 Å². The zero-order valence-corrected chi connectivity index (χ0v) is 10.0. The van der Waals surface area contributed by atoms with Crippen LogP contribution in [-0.2, 0) is 6.42 Å². The monoisotopic (exact) mass is 266 g/mol. The molecule has 0 amide bonds. The zero-order valence-electron chi connectivity index (χ0n) is 9.21. The van der Waals surface area contributed by atoms with Crippen LogP contribution in [0.15, 0.2) is 6.33 Å². The van der Waals surface area contributed by atoms with Gasteiger partial charge in [-0.3, -0.25) is 0 Å². The van der Waals surface area contributed by atoms with Gasteiger partial charge in [-0.1, -0.05) is 6.92 Å². The third-order valence-electron chi connectivity index (χ3n) is 1.99. The molecule has 0 aliphatic carbocycles. The zero-order chi connectivity index (χ0) is 12.9. The first-order valence-electron chi connectivity index (χ1n) is 4.98. The number of alkyl halides is 3. The SMILES string of the molecule is CCc1c(N)ncnc1NCCSC(F)(F)F. The molecule has 0 aliphatic rings. The van der Waals surface area contributed by atoms with Crippen molar-refractivity contribution in [1.82, 2.24) is 9.97 Å². The van der Waals surface area contributed by atoms with E-state index in [0.29, 0.717) is 18.1 Å². The maximum Gasteiger partial charge on any atom is 0.441 e. The summed E-state index contributed by atoms with van der Waals surface area (Å²) in [6, 6.07) is 0. The van der Waals surface area contributed by atoms with Crippen molar-refractivity contribution in [2.45, 2.75) is 18.9 Å². The third kappa shape index (κ3) is 4.68. The lowest BCUT2D eigenvalue weighted by atomic mass is 10.2. The summed E-state index contributed by atoms with van der Waals surface area (Å²) in [5, 5.41) is 2.83. The average molecular weight is 266 g/mol. The van der Waals surface area contributed by atoms with Crippen LogP contribution in [0.4, 0.5) is 24.8 Å². The first kappa shape index (κ1) is 13.9. The minimum Gasteiger partial charge on any atom is -0.383 e. The van der Waals surface area contributed by atoms with Gasteiger partial charge in [-0.15, -0.1) is 0 Å². The van der Waals surface area contributed by atoms with E-state index in [9.17, 15) is 13.2 Å². The summed E-state index contributed by atoms with van der Waals surface area (Å²) in [5.41, 5.74) is 2.16. The smallest absolute Gasteiger partial charge is 0.383 e. The second-order valence-corrected chi connectivity index (χ2v) is 4.32. The predicted octanol–water partition coefficient (Wildman–Crippen LogP) is 2.29. The Labute approximate surface area is 101 Å². The number of thioether (sulfide) groups is 1. The quantitative estimate of drug-likeness (QED) is 0.800. The van der Waals surface area contributed by atoms with Gasteiger partial charge in [0.25, 0.3) is 0 Å². The lowest BCUT2D eigenvalue weighted by Gasteiger charge is -2.11. The molecule has 1 aromatic rings. The van der Waals surface area contributed by atoms with E-state index >= 15 is 0 Å². The number of halogens is 3. The molecule has 0 saturated carbocycles. The highest BCUT2D eigenvalue weighted by Gasteiger charge is 2.27. The van der Waals surface area contributed by atoms with Gasteiger partial charge >= 0.3 is 5.51 Å². The Morgan fingerprint density at radius 3 is 2.71 bits per heavy atom. The highest BCUT2D eigenvalue weighted by Crippen LogP contribution is 2.29. The molecule has 0 atom stereocenters. The number of hydrogen-bond acceptors (Lipinski definition) is 5. The van der Waals surface area contributed by atoms with Crippen molar-refractivity contribution in [2.24, 2.45) is 0 Å². The van der Waals surface area contributed by atoms with Gasteiger partial charge in [0.05, 0.1) is 0 Å². The predicted molar refractivity (Wildman–Crippen MR) is 62.8 cm³/mol. The van der Waals surface area contributed by atoms with Crippen LogP contribution < -0.4 is 11.1 Å². The summed E-state index contributed by atoms with van der Waals surface area (Å²) in [6.07, 6.45) is 1.91. The number of nitrogens with one attached hydrogen (secondary N) is 1. The number of aromatic nitrogens is 2. The Hall–Kier alpha value is -1.18. The van der Waals surface area contributed by atoms with E-state index in [1.165, 1.54) is 6.33 Å². The fourth-order valence-corrected chi connectivity index (χ4v) is 1.70. The number of nitrogens with zero attached hydrogens (tertiary/aromatic N) is 2. The van der Waals surface area contributed by atoms with Crippen LogP contribution in [0.25, 0.3) is 0 Å². The van der Waals surface area contributed by atoms with E-state index in [1.807, 2.05) is 6.92 Å². The van der Waals surface area contributed by atoms with Gasteiger partial charge in [-0.25, -0.2) is 9.97 Å². The molecule has 0 unspecified atom stereocenters. The molecule has 1 aromatic heterocycles. The van der Waals surface area contributed by atoms with Crippen molar-refractivity contribution in [3.05, 3.63) is 11.9 Å². The average Bonchev–Trinajstić information content (AvgIpc) is 2.23. The molecular formula is C9H13F3N4S. The van der Waals surface area contributed by atoms with Gasteiger partial charge in [0, 0.05) is 17.9 Å². The van der Waals surface area contributed by atoms with Crippen LogP contribution in [0.2, 0.25) is 0 Å². The highest BCUT2D eigenvalue weighted by molar-refractivity contribution is 8.00. The molecule has 1 rings (SSSR count). The first-order chi connectivity index (χ1) is 7.94. The van der Waals surface area contributed by atoms with E-state index in [4.69, 9.17) is 5.73 Å². The van der Waals surface area contributed by atoms with Crippen molar-refractivity contribution in [3.8, 4) is 0 Å². The molecule has 1 heterocycles. The lowest BCUT2D eigenvalue weighted by Crippen LogP contribution is -2.12. The molecule has 0 bridgehead atoms. The van der Waals surface area contributed by atoms with Gasteiger partial charge in [-0.2, -0.15) is 13.2 Å². The summed E-state index contributed by atoms with van der Waals surface area (Å²) in [5.74, 6) is 0.785. The minimum atomic E-state index is -4.19. The van der Waals surface area contributed by atoms with Gasteiger partial charge in [0.2, 0.25) is 0 Å². The highest BCUT2D eigenvalue weighted by atomic mass is 32.2. The number of anilines is 2. The summed E-state index contributed by atoms with van der Waals surface area (Å²) in [7, 11) is 0. The van der Waals surface area contributed by atoms with Crippen molar-refractivity contribution in [1.29, 1.82) is 0 Å². The van der Waals surface area contributed by atoms with Crippen LogP contribution in [0.1, 0.15) is 12.5 Å². The molecule has 0 aromatic carbocycles. The molecule has 0 saturated heterocycles. The minimum absolute atomic E-state index is 0.0667. The fourth-order valence-electron chi connectivity index (χ4n) is 1.26. The van der Waals surface area contributed by atoms with Gasteiger partial charge in [-0.05, 0) is 18.2 Å². The molecule has 0 fully saturated rings. The van der Waals surface area contributed by atoms with Crippen LogP contribution in [0, 0.1) is 0 Å². The van der Waals surface area contributed by atoms with E-state index in [0.717, 1.165) is 5.56 Å². The van der Waals surface area contributed by atoms with Gasteiger partial charge < -0.3 is 11.1 Å². The molecule has 0 aliphatic heterocycles. The Kier molecular flexibility index (Phi) is 4.86. The fraction of sp³-hybridized carbons (Fsp3) is 0.556. The molecule has 96 valence electrons. The van der Waals surface area contributed by atoms with E-state index in [-0.39, 0.29) is 24.1 Å². The maximum absolute atomic E-state index is 11.9. The molecule has 0 spiro atoms. The molecular weight excluding hydrogens is 253 g/mol. The number of nitrogen functional groups attached to an aromatic ring is 1. The Morgan fingerprint density at radius 1 is 1.41 bits per heavy atom. The standard InChI is InChI=1S/C9H13F3N4S/c1-2-6-7(13)15-5-16-8(6)14-3-4-17-9(10,11)12/h5H,2-4H2,1H3,(H3,13,14,15,16). The van der Waals surface area contributed by atoms with Gasteiger partial charge in [0.15, 0.2) is 0 Å². The summed E-state index contributed by atoms with van der Waals surface area (Å²) >= 11 is -0.0667.